The Kier molecular flexibility index (Phi) is 3.59. The highest BCUT2D eigenvalue weighted by atomic mass is 32.1. The number of rotatable bonds is 4. The van der Waals surface area contributed by atoms with Crippen LogP contribution in [0.2, 0.25) is 0 Å². The molecule has 1 aromatic carbocycles. The lowest BCUT2D eigenvalue weighted by atomic mass is 10.2. The van der Waals surface area contributed by atoms with Crippen LogP contribution in [0.25, 0.3) is 10.2 Å². The fourth-order valence-electron chi connectivity index (χ4n) is 1.93. The van der Waals surface area contributed by atoms with Gasteiger partial charge in [-0.3, -0.25) is 5.43 Å². The second kappa shape index (κ2) is 5.55. The molecule has 3 N–H and O–H groups in total. The lowest BCUT2D eigenvalue weighted by Gasteiger charge is -2.11. The highest BCUT2D eigenvalue weighted by molar-refractivity contribution is 7.16. The fourth-order valence-corrected chi connectivity index (χ4v) is 2.69. The number of hydrogen-bond donors (Lipinski definition) is 2. The summed E-state index contributed by atoms with van der Waals surface area (Å²) in [6.45, 7) is 1.99. The number of fused-ring (bicyclic) bond motifs is 1. The average Bonchev–Trinajstić information content (AvgIpc) is 2.97. The van der Waals surface area contributed by atoms with Gasteiger partial charge >= 0.3 is 0 Å². The van der Waals surface area contributed by atoms with Gasteiger partial charge in [-0.05, 0) is 36.1 Å². The monoisotopic (exact) mass is 302 g/mol. The first kappa shape index (κ1) is 13.6. The first-order chi connectivity index (χ1) is 10.2. The summed E-state index contributed by atoms with van der Waals surface area (Å²) in [6.07, 6.45) is 0. The van der Waals surface area contributed by atoms with E-state index in [1.165, 1.54) is 11.3 Å². The van der Waals surface area contributed by atoms with E-state index in [2.05, 4.69) is 15.4 Å². The Labute approximate surface area is 125 Å². The van der Waals surface area contributed by atoms with Gasteiger partial charge in [-0.25, -0.2) is 10.8 Å². The molecule has 0 saturated heterocycles. The topological polar surface area (TPSA) is 82.3 Å². The number of benzene rings is 1. The van der Waals surface area contributed by atoms with E-state index in [1.807, 2.05) is 36.6 Å². The van der Waals surface area contributed by atoms with Crippen molar-refractivity contribution in [1.29, 1.82) is 0 Å². The summed E-state index contributed by atoms with van der Waals surface area (Å²) in [6, 6.07) is 7.62. The van der Waals surface area contributed by atoms with Crippen LogP contribution in [0.1, 0.15) is 5.56 Å². The minimum atomic E-state index is 0.311. The van der Waals surface area contributed by atoms with Gasteiger partial charge in [0.05, 0.1) is 12.5 Å². The molecular weight excluding hydrogens is 288 g/mol. The van der Waals surface area contributed by atoms with Gasteiger partial charge < -0.3 is 9.47 Å². The van der Waals surface area contributed by atoms with Crippen molar-refractivity contribution in [2.75, 3.05) is 12.5 Å². The first-order valence-electron chi connectivity index (χ1n) is 6.25. The highest BCUT2D eigenvalue weighted by Crippen LogP contribution is 2.35. The van der Waals surface area contributed by atoms with Gasteiger partial charge in [0.25, 0.3) is 0 Å². The van der Waals surface area contributed by atoms with Crippen molar-refractivity contribution < 1.29 is 9.47 Å². The smallest absolute Gasteiger partial charge is 0.241 e. The molecule has 0 atom stereocenters. The fraction of sp³-hybridized carbons (Fsp3) is 0.143. The third kappa shape index (κ3) is 2.61. The maximum absolute atomic E-state index is 5.90. The van der Waals surface area contributed by atoms with E-state index in [-0.39, 0.29) is 0 Å². The van der Waals surface area contributed by atoms with Crippen molar-refractivity contribution >= 4 is 27.5 Å². The standard InChI is InChI=1S/C14H14N4O2S/c1-8-3-4-10(11(7-8)19-2)20-12-9-5-6-21-13(9)17-14(16-12)18-15/h3-7H,15H2,1-2H3,(H,16,17,18). The molecular formula is C14H14N4O2S. The highest BCUT2D eigenvalue weighted by Gasteiger charge is 2.13. The lowest BCUT2D eigenvalue weighted by molar-refractivity contribution is 0.375. The zero-order valence-electron chi connectivity index (χ0n) is 11.6. The zero-order valence-corrected chi connectivity index (χ0v) is 12.4. The van der Waals surface area contributed by atoms with E-state index in [1.54, 1.807) is 7.11 Å². The molecule has 2 aromatic heterocycles. The molecule has 0 radical (unpaired) electrons. The molecule has 108 valence electrons. The molecule has 0 aliphatic heterocycles. The van der Waals surface area contributed by atoms with E-state index in [4.69, 9.17) is 15.3 Å². The van der Waals surface area contributed by atoms with E-state index < -0.39 is 0 Å². The van der Waals surface area contributed by atoms with Crippen LogP contribution in [0, 0.1) is 6.92 Å². The largest absolute Gasteiger partial charge is 0.493 e. The number of aromatic nitrogens is 2. The number of ether oxygens (including phenoxy) is 2. The van der Waals surface area contributed by atoms with Gasteiger partial charge in [0, 0.05) is 0 Å². The van der Waals surface area contributed by atoms with Gasteiger partial charge in [0.15, 0.2) is 11.5 Å². The number of nitrogens with two attached hydrogens (primary N) is 1. The van der Waals surface area contributed by atoms with E-state index >= 15 is 0 Å². The molecule has 0 aliphatic rings. The number of thiophene rings is 1. The first-order valence-corrected chi connectivity index (χ1v) is 7.13. The van der Waals surface area contributed by atoms with Crippen molar-refractivity contribution in [2.24, 2.45) is 5.84 Å². The minimum absolute atomic E-state index is 0.311. The van der Waals surface area contributed by atoms with Crippen molar-refractivity contribution in [3.05, 3.63) is 35.2 Å². The van der Waals surface area contributed by atoms with Crippen LogP contribution in [0.4, 0.5) is 5.95 Å². The zero-order chi connectivity index (χ0) is 14.8. The molecule has 3 aromatic rings. The van der Waals surface area contributed by atoms with Crippen LogP contribution in [0.3, 0.4) is 0 Å². The molecule has 2 heterocycles. The molecule has 0 aliphatic carbocycles. The number of hydrazine groups is 1. The maximum atomic E-state index is 5.90. The Morgan fingerprint density at radius 2 is 2.05 bits per heavy atom. The number of aryl methyl sites for hydroxylation is 1. The summed E-state index contributed by atoms with van der Waals surface area (Å²) in [5.74, 6) is 7.40. The Hall–Kier alpha value is -2.38. The SMILES string of the molecule is COc1cc(C)ccc1Oc1nc(NN)nc2sccc12. The summed E-state index contributed by atoms with van der Waals surface area (Å²) in [5.41, 5.74) is 3.54. The van der Waals surface area contributed by atoms with E-state index in [0.29, 0.717) is 23.3 Å². The third-order valence-electron chi connectivity index (χ3n) is 2.94. The Balaban J connectivity index is 2.07. The molecule has 3 rings (SSSR count). The van der Waals surface area contributed by atoms with E-state index in [0.717, 1.165) is 15.8 Å². The van der Waals surface area contributed by atoms with Crippen LogP contribution < -0.4 is 20.7 Å². The maximum Gasteiger partial charge on any atom is 0.241 e. The van der Waals surface area contributed by atoms with Crippen LogP contribution in [0.5, 0.6) is 17.4 Å². The number of anilines is 1. The molecule has 6 nitrogen and oxygen atoms in total. The molecule has 0 unspecified atom stereocenters. The summed E-state index contributed by atoms with van der Waals surface area (Å²) in [7, 11) is 1.61. The summed E-state index contributed by atoms with van der Waals surface area (Å²) in [4.78, 5) is 9.34. The van der Waals surface area contributed by atoms with Crippen LogP contribution in [-0.4, -0.2) is 17.1 Å². The summed E-state index contributed by atoms with van der Waals surface area (Å²) >= 11 is 1.50. The molecule has 0 fully saturated rings. The van der Waals surface area contributed by atoms with Crippen LogP contribution in [0.15, 0.2) is 29.6 Å². The number of nitrogen functional groups attached to an aromatic ring is 1. The van der Waals surface area contributed by atoms with Gasteiger partial charge in [0.2, 0.25) is 11.8 Å². The number of nitrogens with zero attached hydrogens (tertiary/aromatic N) is 2. The quantitative estimate of drug-likeness (QED) is 0.569. The van der Waals surface area contributed by atoms with Crippen LogP contribution in [-0.2, 0) is 0 Å². The Morgan fingerprint density at radius 1 is 1.19 bits per heavy atom. The van der Waals surface area contributed by atoms with Crippen molar-refractivity contribution in [1.82, 2.24) is 9.97 Å². The third-order valence-corrected chi connectivity index (χ3v) is 3.75. The second-order valence-corrected chi connectivity index (χ2v) is 5.29. The molecule has 7 heteroatoms. The summed E-state index contributed by atoms with van der Waals surface area (Å²) < 4.78 is 11.2. The van der Waals surface area contributed by atoms with Gasteiger partial charge in [0.1, 0.15) is 4.83 Å². The Bertz CT molecular complexity index is 788. The van der Waals surface area contributed by atoms with Gasteiger partial charge in [-0.1, -0.05) is 6.07 Å². The molecule has 0 amide bonds. The second-order valence-electron chi connectivity index (χ2n) is 4.39. The molecule has 0 bridgehead atoms. The average molecular weight is 302 g/mol. The number of methoxy groups -OCH3 is 1. The molecule has 21 heavy (non-hydrogen) atoms. The van der Waals surface area contributed by atoms with E-state index in [9.17, 15) is 0 Å². The predicted molar refractivity (Wildman–Crippen MR) is 83.0 cm³/mol. The van der Waals surface area contributed by atoms with Gasteiger partial charge in [-0.2, -0.15) is 4.98 Å². The van der Waals surface area contributed by atoms with Crippen molar-refractivity contribution in [3.63, 3.8) is 0 Å². The lowest BCUT2D eigenvalue weighted by Crippen LogP contribution is -2.10. The minimum Gasteiger partial charge on any atom is -0.493 e. The van der Waals surface area contributed by atoms with Gasteiger partial charge in [-0.15, -0.1) is 11.3 Å². The molecule has 0 saturated carbocycles. The number of nitrogens with one attached hydrogen (secondary N) is 1. The number of hydrogen-bond acceptors (Lipinski definition) is 7. The predicted octanol–water partition coefficient (Wildman–Crippen LogP) is 3.09. The normalized spacial score (nSPS) is 10.6. The van der Waals surface area contributed by atoms with Crippen molar-refractivity contribution in [2.45, 2.75) is 6.92 Å². The van der Waals surface area contributed by atoms with Crippen LogP contribution >= 0.6 is 11.3 Å². The Morgan fingerprint density at radius 3 is 2.81 bits per heavy atom. The van der Waals surface area contributed by atoms with Crippen molar-refractivity contribution in [3.8, 4) is 17.4 Å². The molecule has 0 spiro atoms. The summed E-state index contributed by atoms with van der Waals surface area (Å²) in [5, 5.41) is 2.76.